The van der Waals surface area contributed by atoms with Crippen LogP contribution in [0.2, 0.25) is 0 Å². The maximum absolute atomic E-state index is 4.73. The van der Waals surface area contributed by atoms with Gasteiger partial charge in [-0.25, -0.2) is 9.97 Å². The molecule has 5 heteroatoms. The minimum Gasteiger partial charge on any atom is -0.368 e. The Kier molecular flexibility index (Phi) is 4.68. The van der Waals surface area contributed by atoms with Crippen molar-refractivity contribution in [3.8, 4) is 11.1 Å². The summed E-state index contributed by atoms with van der Waals surface area (Å²) in [5.41, 5.74) is 6.43. The Morgan fingerprint density at radius 2 is 1.59 bits per heavy atom. The second-order valence-electron chi connectivity index (χ2n) is 7.64. The molecule has 2 aromatic heterocycles. The van der Waals surface area contributed by atoms with E-state index in [4.69, 9.17) is 4.98 Å². The van der Waals surface area contributed by atoms with Gasteiger partial charge in [0.2, 0.25) is 0 Å². The van der Waals surface area contributed by atoms with Gasteiger partial charge in [0, 0.05) is 42.8 Å². The van der Waals surface area contributed by atoms with Gasteiger partial charge in [-0.05, 0) is 42.7 Å². The van der Waals surface area contributed by atoms with Crippen LogP contribution in [0.1, 0.15) is 11.1 Å². The molecule has 1 fully saturated rings. The number of anilines is 2. The van der Waals surface area contributed by atoms with Crippen molar-refractivity contribution < 1.29 is 0 Å². The quantitative estimate of drug-likeness (QED) is 0.467. The highest BCUT2D eigenvalue weighted by Crippen LogP contribution is 2.38. The van der Waals surface area contributed by atoms with E-state index < -0.39 is 0 Å². The minimum atomic E-state index is 0.962. The molecule has 0 amide bonds. The molecular weight excluding hydrogens is 376 g/mol. The van der Waals surface area contributed by atoms with Crippen LogP contribution >= 0.6 is 11.3 Å². The normalized spacial score (nSPS) is 14.6. The monoisotopic (exact) mass is 400 g/mol. The molecule has 0 N–H and O–H groups in total. The maximum Gasteiger partial charge on any atom is 0.141 e. The van der Waals surface area contributed by atoms with Crippen LogP contribution in [-0.4, -0.2) is 36.1 Å². The van der Waals surface area contributed by atoms with E-state index in [1.54, 1.807) is 17.7 Å². The Balaban J connectivity index is 1.48. The first kappa shape index (κ1) is 18.1. The molecule has 146 valence electrons. The average molecular weight is 401 g/mol. The molecule has 4 nitrogen and oxygen atoms in total. The molecule has 3 heterocycles. The number of hydrogen-bond acceptors (Lipinski definition) is 5. The number of nitrogens with zero attached hydrogens (tertiary/aromatic N) is 4. The van der Waals surface area contributed by atoms with Crippen LogP contribution in [0.5, 0.6) is 0 Å². The smallest absolute Gasteiger partial charge is 0.141 e. The number of aryl methyl sites for hydroxylation is 2. The lowest BCUT2D eigenvalue weighted by atomic mass is 10.0. The van der Waals surface area contributed by atoms with Crippen molar-refractivity contribution in [2.45, 2.75) is 13.8 Å². The van der Waals surface area contributed by atoms with Crippen LogP contribution in [-0.2, 0) is 0 Å². The standard InChI is InChI=1S/C24H24N4S/c1-17-8-9-19(14-18(17)2)21-15-29-24-22(21)23(25-16-26-24)28-12-10-27(11-13-28)20-6-4-3-5-7-20/h3-9,14-16H,10-13H2,1-2H3. The SMILES string of the molecule is Cc1ccc(-c2csc3ncnc(N4CCN(c5ccccc5)CC4)c23)cc1C. The molecule has 0 unspecified atom stereocenters. The zero-order valence-electron chi connectivity index (χ0n) is 16.8. The van der Waals surface area contributed by atoms with E-state index in [1.165, 1.54) is 33.3 Å². The Morgan fingerprint density at radius 3 is 2.34 bits per heavy atom. The maximum atomic E-state index is 4.73. The lowest BCUT2D eigenvalue weighted by Crippen LogP contribution is -2.46. The zero-order chi connectivity index (χ0) is 19.8. The van der Waals surface area contributed by atoms with Crippen LogP contribution in [0.25, 0.3) is 21.3 Å². The van der Waals surface area contributed by atoms with E-state index in [9.17, 15) is 0 Å². The highest BCUT2D eigenvalue weighted by Gasteiger charge is 2.22. The molecule has 0 radical (unpaired) electrons. The predicted octanol–water partition coefficient (Wildman–Crippen LogP) is 5.30. The van der Waals surface area contributed by atoms with Gasteiger partial charge in [0.15, 0.2) is 0 Å². The fourth-order valence-electron chi connectivity index (χ4n) is 4.04. The third-order valence-electron chi connectivity index (χ3n) is 5.87. The van der Waals surface area contributed by atoms with Gasteiger partial charge in [-0.1, -0.05) is 36.4 Å². The summed E-state index contributed by atoms with van der Waals surface area (Å²) in [5, 5.41) is 3.42. The van der Waals surface area contributed by atoms with E-state index in [0.717, 1.165) is 36.8 Å². The molecule has 29 heavy (non-hydrogen) atoms. The summed E-state index contributed by atoms with van der Waals surface area (Å²) in [6.45, 7) is 8.25. The molecule has 0 aliphatic carbocycles. The Hall–Kier alpha value is -2.92. The minimum absolute atomic E-state index is 0.962. The molecule has 0 bridgehead atoms. The van der Waals surface area contributed by atoms with Crippen LogP contribution < -0.4 is 9.80 Å². The van der Waals surface area contributed by atoms with Crippen molar-refractivity contribution >= 4 is 33.1 Å². The number of aromatic nitrogens is 2. The molecule has 0 spiro atoms. The average Bonchev–Trinajstić information content (AvgIpc) is 3.21. The van der Waals surface area contributed by atoms with Gasteiger partial charge in [0.25, 0.3) is 0 Å². The first-order valence-corrected chi connectivity index (χ1v) is 10.9. The fourth-order valence-corrected chi connectivity index (χ4v) is 4.95. The van der Waals surface area contributed by atoms with Crippen molar-refractivity contribution in [1.29, 1.82) is 0 Å². The van der Waals surface area contributed by atoms with Crippen molar-refractivity contribution in [2.75, 3.05) is 36.0 Å². The van der Waals surface area contributed by atoms with E-state index >= 15 is 0 Å². The number of benzene rings is 2. The largest absolute Gasteiger partial charge is 0.368 e. The van der Waals surface area contributed by atoms with Crippen LogP contribution in [0.4, 0.5) is 11.5 Å². The highest BCUT2D eigenvalue weighted by atomic mass is 32.1. The first-order valence-electron chi connectivity index (χ1n) is 10.1. The van der Waals surface area contributed by atoms with E-state index in [1.807, 2.05) is 0 Å². The van der Waals surface area contributed by atoms with Crippen LogP contribution in [0.3, 0.4) is 0 Å². The number of rotatable bonds is 3. The molecular formula is C24H24N4S. The van der Waals surface area contributed by atoms with E-state index in [-0.39, 0.29) is 0 Å². The summed E-state index contributed by atoms with van der Waals surface area (Å²) >= 11 is 1.71. The van der Waals surface area contributed by atoms with Gasteiger partial charge in [0.05, 0.1) is 5.39 Å². The molecule has 4 aromatic rings. The van der Waals surface area contributed by atoms with Gasteiger partial charge in [-0.15, -0.1) is 11.3 Å². The molecule has 0 saturated carbocycles. The summed E-state index contributed by atoms with van der Waals surface area (Å²) in [6.07, 6.45) is 1.71. The third kappa shape index (κ3) is 3.36. The summed E-state index contributed by atoms with van der Waals surface area (Å²) in [4.78, 5) is 15.2. The second kappa shape index (κ2) is 7.48. The summed E-state index contributed by atoms with van der Waals surface area (Å²) in [6, 6.07) is 17.4. The number of para-hydroxylation sites is 1. The number of hydrogen-bond donors (Lipinski definition) is 0. The molecule has 1 saturated heterocycles. The molecule has 0 atom stereocenters. The lowest BCUT2D eigenvalue weighted by molar-refractivity contribution is 0.649. The Bertz CT molecular complexity index is 1140. The van der Waals surface area contributed by atoms with Gasteiger partial charge in [0.1, 0.15) is 17.0 Å². The summed E-state index contributed by atoms with van der Waals surface area (Å²) in [5.74, 6) is 1.07. The van der Waals surface area contributed by atoms with Gasteiger partial charge >= 0.3 is 0 Å². The van der Waals surface area contributed by atoms with Gasteiger partial charge in [-0.2, -0.15) is 0 Å². The predicted molar refractivity (Wildman–Crippen MR) is 123 cm³/mol. The fraction of sp³-hybridized carbons (Fsp3) is 0.250. The van der Waals surface area contributed by atoms with Crippen LogP contribution in [0, 0.1) is 13.8 Å². The number of piperazine rings is 1. The van der Waals surface area contributed by atoms with Crippen molar-refractivity contribution in [3.05, 3.63) is 71.4 Å². The lowest BCUT2D eigenvalue weighted by Gasteiger charge is -2.37. The highest BCUT2D eigenvalue weighted by molar-refractivity contribution is 7.17. The number of fused-ring (bicyclic) bond motifs is 1. The van der Waals surface area contributed by atoms with Gasteiger partial charge in [-0.3, -0.25) is 0 Å². The first-order chi connectivity index (χ1) is 14.2. The van der Waals surface area contributed by atoms with Crippen LogP contribution in [0.15, 0.2) is 60.2 Å². The van der Waals surface area contributed by atoms with Gasteiger partial charge < -0.3 is 9.80 Å². The summed E-state index contributed by atoms with van der Waals surface area (Å²) < 4.78 is 0. The molecule has 1 aliphatic heterocycles. The van der Waals surface area contributed by atoms with Crippen molar-refractivity contribution in [2.24, 2.45) is 0 Å². The van der Waals surface area contributed by atoms with E-state index in [2.05, 4.69) is 82.5 Å². The zero-order valence-corrected chi connectivity index (χ0v) is 17.6. The van der Waals surface area contributed by atoms with Crippen molar-refractivity contribution in [1.82, 2.24) is 9.97 Å². The molecule has 1 aliphatic rings. The van der Waals surface area contributed by atoms with Crippen molar-refractivity contribution in [3.63, 3.8) is 0 Å². The second-order valence-corrected chi connectivity index (χ2v) is 8.49. The molecule has 2 aromatic carbocycles. The van der Waals surface area contributed by atoms with E-state index in [0.29, 0.717) is 0 Å². The number of thiophene rings is 1. The third-order valence-corrected chi connectivity index (χ3v) is 6.76. The molecule has 5 rings (SSSR count). The summed E-state index contributed by atoms with van der Waals surface area (Å²) in [7, 11) is 0. The topological polar surface area (TPSA) is 32.3 Å². The Morgan fingerprint density at radius 1 is 0.828 bits per heavy atom. The Labute approximate surface area is 175 Å².